The molecule has 2 amide bonds. The van der Waals surface area contributed by atoms with E-state index in [-0.39, 0.29) is 24.9 Å². The topological polar surface area (TPSA) is 86.6 Å². The molecule has 2 aliphatic heterocycles. The van der Waals surface area contributed by atoms with Gasteiger partial charge in [0.2, 0.25) is 11.8 Å². The van der Waals surface area contributed by atoms with Crippen molar-refractivity contribution in [1.29, 1.82) is 0 Å². The fourth-order valence-electron chi connectivity index (χ4n) is 3.85. The first kappa shape index (κ1) is 19.4. The fraction of sp³-hybridized carbons (Fsp3) is 0.500. The summed E-state index contributed by atoms with van der Waals surface area (Å²) in [6.07, 6.45) is 8.89. The molecule has 9 heteroatoms. The molecule has 0 atom stereocenters. The molecule has 0 radical (unpaired) electrons. The second-order valence-corrected chi connectivity index (χ2v) is 7.63. The van der Waals surface area contributed by atoms with Crippen molar-refractivity contribution in [3.63, 3.8) is 0 Å². The lowest BCUT2D eigenvalue weighted by Crippen LogP contribution is -2.52. The molecular weight excluding hydrogens is 370 g/mol. The quantitative estimate of drug-likeness (QED) is 0.813. The van der Waals surface area contributed by atoms with Crippen LogP contribution in [0.1, 0.15) is 19.3 Å². The summed E-state index contributed by atoms with van der Waals surface area (Å²) in [5, 5.41) is 6.99. The van der Waals surface area contributed by atoms with Crippen LogP contribution in [0.3, 0.4) is 0 Å². The highest BCUT2D eigenvalue weighted by atomic mass is 16.2. The minimum Gasteiger partial charge on any atom is -0.357 e. The van der Waals surface area contributed by atoms with Gasteiger partial charge in [0, 0.05) is 39.4 Å². The number of pyridine rings is 1. The summed E-state index contributed by atoms with van der Waals surface area (Å²) < 4.78 is 1.67. The lowest BCUT2D eigenvalue weighted by Gasteiger charge is -2.33. The van der Waals surface area contributed by atoms with Crippen LogP contribution in [0.25, 0.3) is 0 Å². The Labute approximate surface area is 170 Å². The first-order valence-corrected chi connectivity index (χ1v) is 10.1. The maximum atomic E-state index is 12.4. The van der Waals surface area contributed by atoms with Crippen molar-refractivity contribution in [2.75, 3.05) is 54.4 Å². The molecule has 2 aromatic rings. The van der Waals surface area contributed by atoms with Crippen LogP contribution in [-0.2, 0) is 16.6 Å². The molecule has 0 spiro atoms. The molecule has 154 valence electrons. The highest BCUT2D eigenvalue weighted by Crippen LogP contribution is 2.19. The molecule has 0 aliphatic carbocycles. The number of rotatable bonds is 5. The number of carbonyl (C=O) groups excluding carboxylic acids is 2. The van der Waals surface area contributed by atoms with Crippen molar-refractivity contribution in [3.8, 4) is 0 Å². The molecule has 29 heavy (non-hydrogen) atoms. The Bertz CT molecular complexity index is 858. The zero-order valence-electron chi connectivity index (χ0n) is 16.8. The number of hydrogen-bond acceptors (Lipinski definition) is 6. The van der Waals surface area contributed by atoms with Crippen LogP contribution < -0.4 is 15.1 Å². The van der Waals surface area contributed by atoms with E-state index in [1.165, 1.54) is 19.3 Å². The summed E-state index contributed by atoms with van der Waals surface area (Å²) in [6, 6.07) is 3.84. The predicted octanol–water partition coefficient (Wildman–Crippen LogP) is 1.09. The van der Waals surface area contributed by atoms with Crippen molar-refractivity contribution >= 4 is 29.0 Å². The number of hydrogen-bond donors (Lipinski definition) is 1. The smallest absolute Gasteiger partial charge is 0.241 e. The third-order valence-electron chi connectivity index (χ3n) is 5.38. The van der Waals surface area contributed by atoms with Gasteiger partial charge in [-0.15, -0.1) is 0 Å². The zero-order chi connectivity index (χ0) is 20.2. The van der Waals surface area contributed by atoms with Gasteiger partial charge in [-0.05, 0) is 31.4 Å². The van der Waals surface area contributed by atoms with Crippen molar-refractivity contribution in [1.82, 2.24) is 19.7 Å². The van der Waals surface area contributed by atoms with Crippen LogP contribution in [0.2, 0.25) is 0 Å². The van der Waals surface area contributed by atoms with Gasteiger partial charge in [0.15, 0.2) is 0 Å². The maximum Gasteiger partial charge on any atom is 0.241 e. The van der Waals surface area contributed by atoms with Gasteiger partial charge >= 0.3 is 0 Å². The average molecular weight is 397 g/mol. The van der Waals surface area contributed by atoms with Crippen molar-refractivity contribution < 1.29 is 9.59 Å². The minimum atomic E-state index is -0.139. The number of aromatic nitrogens is 3. The van der Waals surface area contributed by atoms with Gasteiger partial charge in [-0.2, -0.15) is 5.10 Å². The molecule has 0 aromatic carbocycles. The van der Waals surface area contributed by atoms with Crippen molar-refractivity contribution in [2.24, 2.45) is 7.05 Å². The largest absolute Gasteiger partial charge is 0.357 e. The first-order valence-electron chi connectivity index (χ1n) is 10.1. The summed E-state index contributed by atoms with van der Waals surface area (Å²) in [7, 11) is 1.82. The van der Waals surface area contributed by atoms with Gasteiger partial charge in [0.05, 0.1) is 36.9 Å². The van der Waals surface area contributed by atoms with E-state index in [1.54, 1.807) is 22.0 Å². The first-order chi connectivity index (χ1) is 14.1. The Hall–Kier alpha value is -2.94. The minimum absolute atomic E-state index is 0.0235. The van der Waals surface area contributed by atoms with Crippen LogP contribution in [0.5, 0.6) is 0 Å². The Kier molecular flexibility index (Phi) is 5.75. The number of piperazine rings is 1. The summed E-state index contributed by atoms with van der Waals surface area (Å²) in [6.45, 7) is 3.66. The lowest BCUT2D eigenvalue weighted by molar-refractivity contribution is -0.123. The third kappa shape index (κ3) is 4.73. The molecule has 4 rings (SSSR count). The Morgan fingerprint density at radius 1 is 1.10 bits per heavy atom. The molecule has 2 saturated heterocycles. The van der Waals surface area contributed by atoms with Gasteiger partial charge < -0.3 is 15.1 Å². The number of amides is 2. The molecule has 0 bridgehead atoms. The van der Waals surface area contributed by atoms with E-state index in [0.717, 1.165) is 24.6 Å². The summed E-state index contributed by atoms with van der Waals surface area (Å²) in [5.41, 5.74) is 1.47. The SMILES string of the molecule is Cn1cc(N2CCN(CC(=O)Nc3ccc(N4CCCCC4)nc3)CC2=O)cn1. The van der Waals surface area contributed by atoms with Gasteiger partial charge in [-0.1, -0.05) is 0 Å². The van der Waals surface area contributed by atoms with Crippen LogP contribution in [-0.4, -0.2) is 70.7 Å². The molecule has 2 aliphatic rings. The standard InChI is InChI=1S/C20H27N7O2/c1-24-13-17(12-22-24)27-10-9-25(15-20(27)29)14-19(28)23-16-5-6-18(21-11-16)26-7-3-2-4-8-26/h5-6,11-13H,2-4,7-10,14-15H2,1H3,(H,23,28). The molecule has 0 unspecified atom stereocenters. The molecule has 9 nitrogen and oxygen atoms in total. The van der Waals surface area contributed by atoms with Crippen LogP contribution in [0.4, 0.5) is 17.2 Å². The summed E-state index contributed by atoms with van der Waals surface area (Å²) in [5.74, 6) is 0.796. The molecule has 4 heterocycles. The molecule has 2 fully saturated rings. The third-order valence-corrected chi connectivity index (χ3v) is 5.38. The average Bonchev–Trinajstić information content (AvgIpc) is 3.15. The van der Waals surface area contributed by atoms with Gasteiger partial charge in [-0.25, -0.2) is 4.98 Å². The van der Waals surface area contributed by atoms with E-state index in [2.05, 4.69) is 20.3 Å². The monoisotopic (exact) mass is 397 g/mol. The van der Waals surface area contributed by atoms with Crippen molar-refractivity contribution in [2.45, 2.75) is 19.3 Å². The maximum absolute atomic E-state index is 12.4. The second-order valence-electron chi connectivity index (χ2n) is 7.63. The summed E-state index contributed by atoms with van der Waals surface area (Å²) >= 11 is 0. The van der Waals surface area contributed by atoms with Crippen LogP contribution in [0.15, 0.2) is 30.7 Å². The fourth-order valence-corrected chi connectivity index (χ4v) is 3.85. The Balaban J connectivity index is 1.27. The molecular formula is C20H27N7O2. The Morgan fingerprint density at radius 2 is 1.93 bits per heavy atom. The molecule has 2 aromatic heterocycles. The van der Waals surface area contributed by atoms with E-state index < -0.39 is 0 Å². The normalized spacial score (nSPS) is 18.2. The second kappa shape index (κ2) is 8.60. The number of piperidine rings is 1. The molecule has 1 N–H and O–H groups in total. The molecule has 0 saturated carbocycles. The number of aryl methyl sites for hydroxylation is 1. The van der Waals surface area contributed by atoms with Crippen LogP contribution >= 0.6 is 0 Å². The van der Waals surface area contributed by atoms with Gasteiger partial charge in [-0.3, -0.25) is 19.2 Å². The Morgan fingerprint density at radius 3 is 2.59 bits per heavy atom. The van der Waals surface area contributed by atoms with Gasteiger partial charge in [0.1, 0.15) is 5.82 Å². The number of nitrogens with zero attached hydrogens (tertiary/aromatic N) is 6. The summed E-state index contributed by atoms with van der Waals surface area (Å²) in [4.78, 5) is 35.2. The zero-order valence-corrected chi connectivity index (χ0v) is 16.8. The van der Waals surface area contributed by atoms with Gasteiger partial charge in [0.25, 0.3) is 0 Å². The van der Waals surface area contributed by atoms with E-state index in [0.29, 0.717) is 18.8 Å². The highest BCUT2D eigenvalue weighted by Gasteiger charge is 2.27. The van der Waals surface area contributed by atoms with Crippen LogP contribution in [0, 0.1) is 0 Å². The van der Waals surface area contributed by atoms with E-state index in [1.807, 2.05) is 30.3 Å². The van der Waals surface area contributed by atoms with Crippen molar-refractivity contribution in [3.05, 3.63) is 30.7 Å². The number of carbonyl (C=O) groups is 2. The highest BCUT2D eigenvalue weighted by molar-refractivity contribution is 5.96. The van der Waals surface area contributed by atoms with E-state index in [9.17, 15) is 9.59 Å². The number of anilines is 3. The predicted molar refractivity (Wildman–Crippen MR) is 111 cm³/mol. The van der Waals surface area contributed by atoms with E-state index in [4.69, 9.17) is 0 Å². The number of nitrogens with one attached hydrogen (secondary N) is 1. The lowest BCUT2D eigenvalue weighted by atomic mass is 10.1. The van der Waals surface area contributed by atoms with E-state index >= 15 is 0 Å².